The van der Waals surface area contributed by atoms with Crippen molar-refractivity contribution >= 4 is 33.6 Å². The van der Waals surface area contributed by atoms with E-state index in [0.717, 1.165) is 11.3 Å². The number of aryl methyl sites for hydroxylation is 2. The number of amides is 1. The second-order valence-corrected chi connectivity index (χ2v) is 8.61. The number of nitrogens with zero attached hydrogens (tertiary/aromatic N) is 2. The summed E-state index contributed by atoms with van der Waals surface area (Å²) in [6, 6.07) is 14.9. The molecule has 0 aliphatic rings. The van der Waals surface area contributed by atoms with Crippen molar-refractivity contribution in [3.05, 3.63) is 77.6 Å². The summed E-state index contributed by atoms with van der Waals surface area (Å²) in [5.41, 5.74) is 2.63. The largest absolute Gasteiger partial charge is 0.494 e. The van der Waals surface area contributed by atoms with E-state index in [0.29, 0.717) is 23.7 Å². The highest BCUT2D eigenvalue weighted by Gasteiger charge is 2.16. The topological polar surface area (TPSA) is 110 Å². The second kappa shape index (κ2) is 10.1. The number of hydrogen-bond donors (Lipinski definition) is 2. The Labute approximate surface area is 187 Å². The van der Waals surface area contributed by atoms with Crippen molar-refractivity contribution in [2.24, 2.45) is 0 Å². The van der Waals surface area contributed by atoms with Gasteiger partial charge in [0.15, 0.2) is 0 Å². The van der Waals surface area contributed by atoms with Crippen LogP contribution in [0.4, 0.5) is 11.6 Å². The van der Waals surface area contributed by atoms with Crippen LogP contribution in [0.5, 0.6) is 5.75 Å². The number of carbonyl (C=O) groups excluding carboxylic acids is 1. The average molecular weight is 453 g/mol. The molecule has 3 aromatic rings. The molecule has 0 fully saturated rings. The van der Waals surface area contributed by atoms with Gasteiger partial charge < -0.3 is 10.1 Å². The van der Waals surface area contributed by atoms with Crippen LogP contribution in [0.3, 0.4) is 0 Å². The zero-order valence-electron chi connectivity index (χ0n) is 18.0. The first-order valence-corrected chi connectivity index (χ1v) is 11.4. The van der Waals surface area contributed by atoms with Crippen molar-refractivity contribution in [2.75, 3.05) is 16.6 Å². The van der Waals surface area contributed by atoms with Crippen LogP contribution < -0.4 is 14.8 Å². The Bertz CT molecular complexity index is 1200. The molecule has 166 valence electrons. The van der Waals surface area contributed by atoms with Gasteiger partial charge in [-0.25, -0.2) is 23.1 Å². The molecule has 0 atom stereocenters. The molecular weight excluding hydrogens is 428 g/mol. The summed E-state index contributed by atoms with van der Waals surface area (Å²) in [6.07, 6.45) is 3.08. The maximum atomic E-state index is 12.6. The highest BCUT2D eigenvalue weighted by molar-refractivity contribution is 7.92. The number of nitrogens with one attached hydrogen (secondary N) is 2. The van der Waals surface area contributed by atoms with Crippen molar-refractivity contribution in [1.82, 2.24) is 9.97 Å². The van der Waals surface area contributed by atoms with E-state index in [-0.39, 0.29) is 16.8 Å². The highest BCUT2D eigenvalue weighted by atomic mass is 32.2. The molecule has 0 radical (unpaired) electrons. The van der Waals surface area contributed by atoms with Gasteiger partial charge >= 0.3 is 0 Å². The van der Waals surface area contributed by atoms with Crippen molar-refractivity contribution in [3.63, 3.8) is 0 Å². The molecule has 3 rings (SSSR count). The minimum atomic E-state index is -3.86. The number of carbonyl (C=O) groups is 1. The lowest BCUT2D eigenvalue weighted by atomic mass is 10.2. The molecular formula is C23H24N4O4S. The van der Waals surface area contributed by atoms with Crippen LogP contribution in [0.2, 0.25) is 0 Å². The number of aromatic nitrogens is 2. The third-order valence-corrected chi connectivity index (χ3v) is 5.60. The third-order valence-electron chi connectivity index (χ3n) is 4.26. The molecule has 1 amide bonds. The van der Waals surface area contributed by atoms with Crippen LogP contribution in [0.15, 0.2) is 65.6 Å². The molecule has 2 aromatic carbocycles. The molecule has 0 aliphatic carbocycles. The number of rotatable bonds is 8. The van der Waals surface area contributed by atoms with Gasteiger partial charge in [-0.1, -0.05) is 12.1 Å². The summed E-state index contributed by atoms with van der Waals surface area (Å²) < 4.78 is 32.9. The predicted octanol–water partition coefficient (Wildman–Crippen LogP) is 3.94. The van der Waals surface area contributed by atoms with Crippen molar-refractivity contribution < 1.29 is 17.9 Å². The van der Waals surface area contributed by atoms with E-state index in [1.54, 1.807) is 26.0 Å². The van der Waals surface area contributed by atoms with Gasteiger partial charge in [-0.15, -0.1) is 0 Å². The molecule has 0 saturated carbocycles. The number of anilines is 2. The Morgan fingerprint density at radius 3 is 2.22 bits per heavy atom. The van der Waals surface area contributed by atoms with Gasteiger partial charge in [-0.2, -0.15) is 0 Å². The normalized spacial score (nSPS) is 11.3. The van der Waals surface area contributed by atoms with E-state index in [4.69, 9.17) is 4.74 Å². The SMILES string of the molecule is CCOc1ccc(C=CC(=O)Nc2ccc(S(=O)(=O)Nc3nc(C)cc(C)n3)cc2)cc1. The minimum absolute atomic E-state index is 0.0132. The second-order valence-electron chi connectivity index (χ2n) is 6.93. The Kier molecular flexibility index (Phi) is 7.21. The maximum absolute atomic E-state index is 12.6. The van der Waals surface area contributed by atoms with Crippen molar-refractivity contribution in [1.29, 1.82) is 0 Å². The molecule has 0 unspecified atom stereocenters. The summed E-state index contributed by atoms with van der Waals surface area (Å²) >= 11 is 0. The molecule has 1 aromatic heterocycles. The number of hydrogen-bond acceptors (Lipinski definition) is 6. The van der Waals surface area contributed by atoms with Gasteiger partial charge in [0.1, 0.15) is 5.75 Å². The Morgan fingerprint density at radius 1 is 1.00 bits per heavy atom. The number of benzene rings is 2. The summed E-state index contributed by atoms with van der Waals surface area (Å²) in [5.74, 6) is 0.443. The lowest BCUT2D eigenvalue weighted by Gasteiger charge is -2.09. The molecule has 2 N–H and O–H groups in total. The van der Waals surface area contributed by atoms with Crippen molar-refractivity contribution in [2.45, 2.75) is 25.7 Å². The van der Waals surface area contributed by atoms with Crippen LogP contribution in [0.25, 0.3) is 6.08 Å². The van der Waals surface area contributed by atoms with E-state index in [2.05, 4.69) is 20.0 Å². The first-order valence-electron chi connectivity index (χ1n) is 9.92. The Hall–Kier alpha value is -3.72. The van der Waals surface area contributed by atoms with E-state index >= 15 is 0 Å². The standard InChI is InChI=1S/C23H24N4O4S/c1-4-31-20-10-5-18(6-11-20)7-14-22(28)26-19-8-12-21(13-9-19)32(29,30)27-23-24-16(2)15-17(3)25-23/h5-15H,4H2,1-3H3,(H,26,28)(H,24,25,27). The zero-order chi connectivity index (χ0) is 23.1. The van der Waals surface area contributed by atoms with E-state index in [1.807, 2.05) is 31.2 Å². The van der Waals surface area contributed by atoms with E-state index in [9.17, 15) is 13.2 Å². The van der Waals surface area contributed by atoms with Crippen LogP contribution in [0.1, 0.15) is 23.9 Å². The van der Waals surface area contributed by atoms with Gasteiger partial charge in [0.25, 0.3) is 10.0 Å². The quantitative estimate of drug-likeness (QED) is 0.501. The fourth-order valence-electron chi connectivity index (χ4n) is 2.87. The fourth-order valence-corrected chi connectivity index (χ4v) is 3.81. The van der Waals surface area contributed by atoms with Crippen LogP contribution in [-0.4, -0.2) is 30.9 Å². The molecule has 0 saturated heterocycles. The van der Waals surface area contributed by atoms with Gasteiger partial charge in [-0.05, 0) is 74.9 Å². The minimum Gasteiger partial charge on any atom is -0.494 e. The van der Waals surface area contributed by atoms with Gasteiger partial charge in [0, 0.05) is 23.2 Å². The predicted molar refractivity (Wildman–Crippen MR) is 124 cm³/mol. The van der Waals surface area contributed by atoms with Gasteiger partial charge in [0.2, 0.25) is 11.9 Å². The summed E-state index contributed by atoms with van der Waals surface area (Å²) in [6.45, 7) is 6.02. The smallest absolute Gasteiger partial charge is 0.264 e. The molecule has 0 spiro atoms. The van der Waals surface area contributed by atoms with Gasteiger partial charge in [-0.3, -0.25) is 4.79 Å². The lowest BCUT2D eigenvalue weighted by Crippen LogP contribution is -2.16. The molecule has 1 heterocycles. The number of ether oxygens (including phenoxy) is 1. The van der Waals surface area contributed by atoms with E-state index in [1.165, 1.54) is 30.3 Å². The van der Waals surface area contributed by atoms with Crippen LogP contribution in [0, 0.1) is 13.8 Å². The number of sulfonamides is 1. The third kappa shape index (κ3) is 6.39. The fraction of sp³-hybridized carbons (Fsp3) is 0.174. The molecule has 0 bridgehead atoms. The monoisotopic (exact) mass is 452 g/mol. The van der Waals surface area contributed by atoms with E-state index < -0.39 is 10.0 Å². The van der Waals surface area contributed by atoms with Crippen molar-refractivity contribution in [3.8, 4) is 5.75 Å². The first kappa shape index (κ1) is 23.0. The van der Waals surface area contributed by atoms with Crippen LogP contribution in [-0.2, 0) is 14.8 Å². The highest BCUT2D eigenvalue weighted by Crippen LogP contribution is 2.17. The van der Waals surface area contributed by atoms with Gasteiger partial charge in [0.05, 0.1) is 11.5 Å². The first-order chi connectivity index (χ1) is 15.2. The summed E-state index contributed by atoms with van der Waals surface area (Å²) in [4.78, 5) is 20.4. The van der Waals surface area contributed by atoms with Crippen LogP contribution >= 0.6 is 0 Å². The Morgan fingerprint density at radius 2 is 1.62 bits per heavy atom. The molecule has 32 heavy (non-hydrogen) atoms. The lowest BCUT2D eigenvalue weighted by molar-refractivity contribution is -0.111. The average Bonchev–Trinajstić information content (AvgIpc) is 2.73. The molecule has 9 heteroatoms. The summed E-state index contributed by atoms with van der Waals surface area (Å²) in [5, 5.41) is 2.70. The molecule has 0 aliphatic heterocycles. The zero-order valence-corrected chi connectivity index (χ0v) is 18.8. The summed E-state index contributed by atoms with van der Waals surface area (Å²) in [7, 11) is -3.86. The molecule has 8 nitrogen and oxygen atoms in total. The maximum Gasteiger partial charge on any atom is 0.264 e. The Balaban J connectivity index is 1.62.